The minimum atomic E-state index is -0.620. The van der Waals surface area contributed by atoms with Crippen LogP contribution in [0.2, 0.25) is 0 Å². The van der Waals surface area contributed by atoms with Crippen molar-refractivity contribution < 1.29 is 23.9 Å². The topological polar surface area (TPSA) is 102 Å². The molecule has 2 heterocycles. The normalized spacial score (nSPS) is 14.3. The molecule has 0 N–H and O–H groups in total. The first-order chi connectivity index (χ1) is 17.3. The number of esters is 1. The summed E-state index contributed by atoms with van der Waals surface area (Å²) in [6, 6.07) is 18.5. The number of nitriles is 1. The third kappa shape index (κ3) is 5.19. The predicted molar refractivity (Wildman–Crippen MR) is 136 cm³/mol. The molecule has 1 aromatic heterocycles. The molecule has 2 amide bonds. The minimum Gasteiger partial charge on any atom is -0.465 e. The van der Waals surface area contributed by atoms with Gasteiger partial charge in [-0.1, -0.05) is 0 Å². The van der Waals surface area contributed by atoms with Crippen molar-refractivity contribution in [3.63, 3.8) is 0 Å². The molecule has 1 aliphatic heterocycles. The summed E-state index contributed by atoms with van der Waals surface area (Å²) in [5.74, 6) is 0.161. The fourth-order valence-corrected chi connectivity index (χ4v) is 4.67. The Morgan fingerprint density at radius 1 is 1.06 bits per heavy atom. The first kappa shape index (κ1) is 24.8. The second kappa shape index (κ2) is 10.5. The van der Waals surface area contributed by atoms with E-state index in [1.807, 2.05) is 48.7 Å². The molecular formula is C27H23N3O5S. The summed E-state index contributed by atoms with van der Waals surface area (Å²) in [6.07, 6.45) is 1.68. The monoisotopic (exact) mass is 501 g/mol. The molecule has 1 fully saturated rings. The largest absolute Gasteiger partial charge is 0.465 e. The van der Waals surface area contributed by atoms with E-state index in [2.05, 4.69) is 6.07 Å². The van der Waals surface area contributed by atoms with Crippen molar-refractivity contribution in [2.45, 2.75) is 20.8 Å². The highest BCUT2D eigenvalue weighted by molar-refractivity contribution is 8.18. The van der Waals surface area contributed by atoms with Crippen molar-refractivity contribution in [1.29, 1.82) is 5.26 Å². The van der Waals surface area contributed by atoms with E-state index in [1.54, 1.807) is 37.3 Å². The first-order valence-electron chi connectivity index (χ1n) is 11.2. The Balaban J connectivity index is 1.53. The summed E-state index contributed by atoms with van der Waals surface area (Å²) in [5.41, 5.74) is 4.12. The number of hydrogen-bond donors (Lipinski definition) is 0. The van der Waals surface area contributed by atoms with Crippen LogP contribution in [0.25, 0.3) is 11.8 Å². The van der Waals surface area contributed by atoms with E-state index in [4.69, 9.17) is 14.7 Å². The van der Waals surface area contributed by atoms with Crippen molar-refractivity contribution in [3.05, 3.63) is 82.0 Å². The van der Waals surface area contributed by atoms with E-state index in [-0.39, 0.29) is 11.5 Å². The van der Waals surface area contributed by atoms with E-state index < -0.39 is 23.7 Å². The molecule has 1 saturated heterocycles. The van der Waals surface area contributed by atoms with Gasteiger partial charge in [-0.15, -0.1) is 0 Å². The van der Waals surface area contributed by atoms with Crippen molar-refractivity contribution >= 4 is 35.0 Å². The van der Waals surface area contributed by atoms with Crippen LogP contribution < -0.4 is 4.74 Å². The number of hydrogen-bond acceptors (Lipinski definition) is 7. The SMILES string of the molecule is CCOC(=O)CN1C(=O)S/C(=C\c2cc(C)n(-c3ccc(Oc4ccc(C#N)cc4)cc3)c2C)C1=O. The van der Waals surface area contributed by atoms with Gasteiger partial charge in [0.15, 0.2) is 0 Å². The molecule has 182 valence electrons. The number of carbonyl (C=O) groups is 3. The zero-order valence-corrected chi connectivity index (χ0v) is 20.8. The lowest BCUT2D eigenvalue weighted by atomic mass is 10.2. The zero-order chi connectivity index (χ0) is 25.8. The van der Waals surface area contributed by atoms with Crippen molar-refractivity contribution in [2.75, 3.05) is 13.2 Å². The van der Waals surface area contributed by atoms with E-state index in [0.29, 0.717) is 17.1 Å². The molecular weight excluding hydrogens is 478 g/mol. The van der Waals surface area contributed by atoms with Crippen LogP contribution in [0.15, 0.2) is 59.5 Å². The van der Waals surface area contributed by atoms with Crippen LogP contribution in [0.4, 0.5) is 4.79 Å². The van der Waals surface area contributed by atoms with Gasteiger partial charge in [0, 0.05) is 17.1 Å². The van der Waals surface area contributed by atoms with E-state index in [9.17, 15) is 14.4 Å². The van der Waals surface area contributed by atoms with Gasteiger partial charge in [-0.2, -0.15) is 5.26 Å². The van der Waals surface area contributed by atoms with Crippen LogP contribution in [-0.2, 0) is 14.3 Å². The summed E-state index contributed by atoms with van der Waals surface area (Å²) < 4.78 is 12.8. The van der Waals surface area contributed by atoms with Crippen molar-refractivity contribution in [1.82, 2.24) is 9.47 Å². The van der Waals surface area contributed by atoms with Crippen molar-refractivity contribution in [2.24, 2.45) is 0 Å². The van der Waals surface area contributed by atoms with Gasteiger partial charge in [0.25, 0.3) is 11.1 Å². The number of benzene rings is 2. The molecule has 2 aromatic carbocycles. The number of imide groups is 1. The van der Waals surface area contributed by atoms with Crippen LogP contribution in [0.3, 0.4) is 0 Å². The van der Waals surface area contributed by atoms with Gasteiger partial charge in [-0.25, -0.2) is 0 Å². The molecule has 9 heteroatoms. The minimum absolute atomic E-state index is 0.180. The lowest BCUT2D eigenvalue weighted by molar-refractivity contribution is -0.145. The van der Waals surface area contributed by atoms with Gasteiger partial charge in [-0.3, -0.25) is 19.3 Å². The summed E-state index contributed by atoms with van der Waals surface area (Å²) >= 11 is 0.809. The van der Waals surface area contributed by atoms with E-state index in [0.717, 1.165) is 39.3 Å². The van der Waals surface area contributed by atoms with Gasteiger partial charge >= 0.3 is 5.97 Å². The third-order valence-corrected chi connectivity index (χ3v) is 6.44. The average Bonchev–Trinajstić information content (AvgIpc) is 3.29. The highest BCUT2D eigenvalue weighted by Crippen LogP contribution is 2.34. The molecule has 0 radical (unpaired) electrons. The Bertz CT molecular complexity index is 1400. The fraction of sp³-hybridized carbons (Fsp3) is 0.185. The average molecular weight is 502 g/mol. The maximum Gasteiger partial charge on any atom is 0.326 e. The molecule has 0 atom stereocenters. The second-order valence-electron chi connectivity index (χ2n) is 7.97. The van der Waals surface area contributed by atoms with Gasteiger partial charge < -0.3 is 14.0 Å². The number of nitrogens with zero attached hydrogens (tertiary/aromatic N) is 3. The summed E-state index contributed by atoms with van der Waals surface area (Å²) in [6.45, 7) is 5.34. The molecule has 0 spiro atoms. The number of thioether (sulfide) groups is 1. The number of aromatic nitrogens is 1. The van der Waals surface area contributed by atoms with E-state index in [1.165, 1.54) is 0 Å². The number of ether oxygens (including phenoxy) is 2. The Labute approximate surface area is 212 Å². The maximum atomic E-state index is 12.7. The fourth-order valence-electron chi connectivity index (χ4n) is 3.84. The molecule has 3 aromatic rings. The Morgan fingerprint density at radius 3 is 2.31 bits per heavy atom. The van der Waals surface area contributed by atoms with Crippen molar-refractivity contribution in [3.8, 4) is 23.3 Å². The van der Waals surface area contributed by atoms with Crippen LogP contribution in [0.5, 0.6) is 11.5 Å². The Hall–Kier alpha value is -4.29. The first-order valence-corrected chi connectivity index (χ1v) is 12.0. The van der Waals surface area contributed by atoms with Gasteiger partial charge in [0.05, 0.1) is 23.1 Å². The van der Waals surface area contributed by atoms with Crippen LogP contribution in [0, 0.1) is 25.2 Å². The molecule has 4 rings (SSSR count). The number of rotatable bonds is 7. The standard InChI is InChI=1S/C27H23N3O5S/c1-4-34-25(31)16-29-26(32)24(36-27(29)33)14-20-13-17(2)30(18(20)3)21-7-11-23(12-8-21)35-22-9-5-19(15-28)6-10-22/h5-14H,4,16H2,1-3H3/b24-14-. The predicted octanol–water partition coefficient (Wildman–Crippen LogP) is 5.36. The molecule has 0 aliphatic carbocycles. The molecule has 0 bridgehead atoms. The molecule has 0 saturated carbocycles. The lowest BCUT2D eigenvalue weighted by Crippen LogP contribution is -2.34. The molecule has 8 nitrogen and oxygen atoms in total. The van der Waals surface area contributed by atoms with Gasteiger partial charge in [-0.05, 0) is 98.8 Å². The highest BCUT2D eigenvalue weighted by Gasteiger charge is 2.36. The quantitative estimate of drug-likeness (QED) is 0.317. The van der Waals surface area contributed by atoms with Gasteiger partial charge in [0.1, 0.15) is 18.0 Å². The van der Waals surface area contributed by atoms with Crippen LogP contribution >= 0.6 is 11.8 Å². The smallest absolute Gasteiger partial charge is 0.326 e. The van der Waals surface area contributed by atoms with E-state index >= 15 is 0 Å². The summed E-state index contributed by atoms with van der Waals surface area (Å²) in [7, 11) is 0. The summed E-state index contributed by atoms with van der Waals surface area (Å²) in [5, 5.41) is 8.43. The van der Waals surface area contributed by atoms with Gasteiger partial charge in [0.2, 0.25) is 0 Å². The highest BCUT2D eigenvalue weighted by atomic mass is 32.2. The Morgan fingerprint density at radius 2 is 1.69 bits per heavy atom. The molecule has 1 aliphatic rings. The second-order valence-corrected chi connectivity index (χ2v) is 8.96. The van der Waals surface area contributed by atoms with Crippen LogP contribution in [0.1, 0.15) is 29.4 Å². The number of aryl methyl sites for hydroxylation is 1. The Kier molecular flexibility index (Phi) is 7.27. The lowest BCUT2D eigenvalue weighted by Gasteiger charge is -2.11. The molecule has 36 heavy (non-hydrogen) atoms. The third-order valence-electron chi connectivity index (χ3n) is 5.54. The maximum absolute atomic E-state index is 12.7. The molecule has 0 unspecified atom stereocenters. The number of carbonyl (C=O) groups excluding carboxylic acids is 3. The summed E-state index contributed by atoms with van der Waals surface area (Å²) in [4.78, 5) is 37.9. The van der Waals surface area contributed by atoms with Crippen LogP contribution in [-0.4, -0.2) is 39.7 Å². The number of amides is 2. The zero-order valence-electron chi connectivity index (χ0n) is 20.0.